The van der Waals surface area contributed by atoms with Crippen LogP contribution in [0.5, 0.6) is 0 Å². The minimum Gasteiger partial charge on any atom is -0.784 e. The van der Waals surface area contributed by atoms with E-state index in [0.29, 0.717) is 0 Å². The average Bonchev–Trinajstić information content (AvgIpc) is 3.04. The van der Waals surface area contributed by atoms with Gasteiger partial charge in [0.1, 0.15) is 0 Å². The van der Waals surface area contributed by atoms with Crippen LogP contribution in [0.3, 0.4) is 0 Å². The van der Waals surface area contributed by atoms with Crippen molar-refractivity contribution in [3.05, 3.63) is 85.2 Å². The second-order valence-electron chi connectivity index (χ2n) is 4.98. The predicted octanol–water partition coefficient (Wildman–Crippen LogP) is 3.14. The van der Waals surface area contributed by atoms with E-state index in [1.165, 1.54) is 0 Å². The minimum atomic E-state index is 0. The van der Waals surface area contributed by atoms with Crippen LogP contribution >= 0.6 is 0 Å². The molecule has 0 spiro atoms. The Bertz CT molecular complexity index is 970. The largest absolute Gasteiger partial charge is 4.00 e. The first kappa shape index (κ1) is 19.0. The van der Waals surface area contributed by atoms with Crippen LogP contribution in [0.2, 0.25) is 0 Å². The Balaban J connectivity index is 0.000000726. The van der Waals surface area contributed by atoms with Gasteiger partial charge in [-0.25, -0.2) is 0 Å². The van der Waals surface area contributed by atoms with Gasteiger partial charge in [0.05, 0.1) is 11.0 Å². The van der Waals surface area contributed by atoms with Gasteiger partial charge in [-0.15, -0.1) is 0 Å². The molecule has 5 heteroatoms. The van der Waals surface area contributed by atoms with Crippen molar-refractivity contribution in [2.45, 2.75) is 4.90 Å². The number of carbonyl (C=O) groups excluding carboxylic acids is 1. The molecule has 0 aliphatic carbocycles. The average molecular weight is 524 g/mol. The molecule has 0 aliphatic rings. The van der Waals surface area contributed by atoms with E-state index in [1.807, 2.05) is 69.8 Å². The molecule has 4 aromatic rings. The summed E-state index contributed by atoms with van der Waals surface area (Å²) in [6.07, 6.45) is 3.40. The Morgan fingerprint density at radius 2 is 1.60 bits per heavy atom. The first-order chi connectivity index (χ1) is 11.8. The number of fused-ring (bicyclic) bond motifs is 1. The number of hydrogen-bond donors (Lipinski definition) is 0. The van der Waals surface area contributed by atoms with Crippen molar-refractivity contribution in [3.63, 3.8) is 0 Å². The third-order valence-electron chi connectivity index (χ3n) is 3.60. The van der Waals surface area contributed by atoms with Crippen LogP contribution in [0, 0.1) is 12.4 Å². The van der Waals surface area contributed by atoms with Gasteiger partial charge in [0, 0.05) is 5.69 Å². The van der Waals surface area contributed by atoms with Crippen LogP contribution in [-0.2, 0) is 38.5 Å². The van der Waals surface area contributed by atoms with Gasteiger partial charge in [0.15, 0.2) is 0 Å². The van der Waals surface area contributed by atoms with Crippen LogP contribution in [0.25, 0.3) is 22.4 Å². The van der Waals surface area contributed by atoms with Gasteiger partial charge < -0.3 is 22.0 Å². The summed E-state index contributed by atoms with van der Waals surface area (Å²) in [5.41, 5.74) is 4.06. The predicted molar refractivity (Wildman–Crippen MR) is 94.9 cm³/mol. The molecule has 0 aliphatic heterocycles. The molecule has 1 heterocycles. The summed E-state index contributed by atoms with van der Waals surface area (Å²) in [7, 11) is 0. The fourth-order valence-corrected chi connectivity index (χ4v) is 2.82. The van der Waals surface area contributed by atoms with E-state index in [2.05, 4.69) is 31.3 Å². The number of nitrogens with zero attached hydrogens (tertiary/aromatic N) is 2. The summed E-state index contributed by atoms with van der Waals surface area (Å²) in [5.74, 6) is 0. The van der Waals surface area contributed by atoms with Crippen molar-refractivity contribution in [2.75, 3.05) is 0 Å². The number of imidazole rings is 1. The van der Waals surface area contributed by atoms with Crippen molar-refractivity contribution in [1.82, 2.24) is 4.57 Å². The van der Waals surface area contributed by atoms with E-state index in [1.54, 1.807) is 0 Å². The van der Waals surface area contributed by atoms with E-state index in [0.717, 1.165) is 27.3 Å². The smallest absolute Gasteiger partial charge is 0.784 e. The standard InChI is InChI=1S/C19H13N2S.CHO.Pt/c22-19-13-7-6-12-18(19)21-14-20(15-8-2-1-3-9-15)16-10-4-5-11-17(16)21;1-2;/h1-8,10-13,22H;1H;/q2*-1;+4/p-1. The van der Waals surface area contributed by atoms with Crippen molar-refractivity contribution in [2.24, 2.45) is 0 Å². The molecule has 0 fully saturated rings. The van der Waals surface area contributed by atoms with E-state index in [9.17, 15) is 0 Å². The summed E-state index contributed by atoms with van der Waals surface area (Å²) < 4.78 is 4.02. The minimum absolute atomic E-state index is 0. The van der Waals surface area contributed by atoms with Crippen LogP contribution in [0.1, 0.15) is 0 Å². The number of hydrogen-bond acceptors (Lipinski definition) is 2. The van der Waals surface area contributed by atoms with Crippen molar-refractivity contribution in [1.29, 1.82) is 0 Å². The number of benzene rings is 3. The molecule has 4 rings (SSSR count). The molecule has 3 aromatic carbocycles. The summed E-state index contributed by atoms with van der Waals surface area (Å²) in [5, 5.41) is 0. The molecular formula is C20H13N2OPtS+. The molecule has 0 unspecified atom stereocenters. The number of aromatic nitrogens is 2. The van der Waals surface area contributed by atoms with Gasteiger partial charge in [-0.2, -0.15) is 35.2 Å². The Hall–Kier alpha value is -2.29. The topological polar surface area (TPSA) is 25.9 Å². The zero-order chi connectivity index (χ0) is 16.9. The monoisotopic (exact) mass is 524 g/mol. The summed E-state index contributed by atoms with van der Waals surface area (Å²) in [4.78, 5) is 8.56. The molecular weight excluding hydrogens is 511 g/mol. The van der Waals surface area contributed by atoms with Gasteiger partial charge in [0.25, 0.3) is 6.33 Å². The first-order valence-corrected chi connectivity index (χ1v) is 7.67. The fraction of sp³-hybridized carbons (Fsp3) is 0. The van der Waals surface area contributed by atoms with E-state index in [-0.39, 0.29) is 21.1 Å². The van der Waals surface area contributed by atoms with Gasteiger partial charge in [-0.1, -0.05) is 48.5 Å². The number of para-hydroxylation sites is 4. The Labute approximate surface area is 166 Å². The maximum atomic E-state index is 7.75. The molecule has 0 amide bonds. The maximum absolute atomic E-state index is 7.75. The maximum Gasteiger partial charge on any atom is 4.00 e. The third-order valence-corrected chi connectivity index (χ3v) is 3.95. The normalized spacial score (nSPS) is 9.76. The summed E-state index contributed by atoms with van der Waals surface area (Å²) in [6, 6.07) is 27.2. The molecule has 3 nitrogen and oxygen atoms in total. The Morgan fingerprint density at radius 1 is 0.920 bits per heavy atom. The molecule has 0 radical (unpaired) electrons. The van der Waals surface area contributed by atoms with Crippen LogP contribution < -0.4 is 4.57 Å². The van der Waals surface area contributed by atoms with Crippen LogP contribution in [-0.4, -0.2) is 11.4 Å². The van der Waals surface area contributed by atoms with E-state index < -0.39 is 0 Å². The Morgan fingerprint density at radius 3 is 2.32 bits per heavy atom. The van der Waals surface area contributed by atoms with Crippen molar-refractivity contribution in [3.8, 4) is 11.4 Å². The van der Waals surface area contributed by atoms with Gasteiger partial charge in [-0.3, -0.25) is 11.4 Å². The SMILES string of the molecule is [CH-]=O.[Pt+4].[S-]c1ccccc1-[n+]1[c-]n(-c2[c-]cccc2)c2ccccc21. The molecule has 1 aromatic heterocycles. The zero-order valence-corrected chi connectivity index (χ0v) is 16.1. The quantitative estimate of drug-likeness (QED) is 0.174. The van der Waals surface area contributed by atoms with Gasteiger partial charge in [0.2, 0.25) is 0 Å². The second-order valence-corrected chi connectivity index (χ2v) is 5.41. The fourth-order valence-electron chi connectivity index (χ4n) is 2.58. The van der Waals surface area contributed by atoms with Crippen LogP contribution in [0.15, 0.2) is 77.7 Å². The third kappa shape index (κ3) is 3.70. The van der Waals surface area contributed by atoms with Crippen molar-refractivity contribution < 1.29 is 30.4 Å². The van der Waals surface area contributed by atoms with Gasteiger partial charge >= 0.3 is 21.1 Å². The number of rotatable bonds is 2. The van der Waals surface area contributed by atoms with Crippen molar-refractivity contribution >= 4 is 30.5 Å². The molecule has 124 valence electrons. The molecule has 0 bridgehead atoms. The molecule has 0 saturated carbocycles. The molecule has 0 N–H and O–H groups in total. The molecule has 25 heavy (non-hydrogen) atoms. The zero-order valence-electron chi connectivity index (χ0n) is 13.0. The van der Waals surface area contributed by atoms with E-state index >= 15 is 0 Å². The summed E-state index contributed by atoms with van der Waals surface area (Å²) >= 11 is 5.47. The summed E-state index contributed by atoms with van der Waals surface area (Å²) in [6.45, 7) is 3.25. The molecule has 0 saturated heterocycles. The molecule has 0 atom stereocenters. The second kappa shape index (κ2) is 8.70. The van der Waals surface area contributed by atoms with Gasteiger partial charge in [-0.05, 0) is 5.69 Å². The van der Waals surface area contributed by atoms with E-state index in [4.69, 9.17) is 17.4 Å². The van der Waals surface area contributed by atoms with Crippen LogP contribution in [0.4, 0.5) is 0 Å². The first-order valence-electron chi connectivity index (χ1n) is 7.26. The Kier molecular flexibility index (Phi) is 6.63.